The van der Waals surface area contributed by atoms with Crippen molar-refractivity contribution in [2.75, 3.05) is 18.0 Å². The van der Waals surface area contributed by atoms with Gasteiger partial charge in [0, 0.05) is 23.7 Å². The number of carbonyl (C=O) groups excluding carboxylic acids is 1. The molecule has 9 heteroatoms. The van der Waals surface area contributed by atoms with E-state index in [0.29, 0.717) is 42.6 Å². The third-order valence-corrected chi connectivity index (χ3v) is 11.5. The van der Waals surface area contributed by atoms with E-state index in [1.807, 2.05) is 18.2 Å². The summed E-state index contributed by atoms with van der Waals surface area (Å²) < 4.78 is 34.0. The number of carbonyl (C=O) groups is 1. The molecule has 2 heterocycles. The Bertz CT molecular complexity index is 1350. The Hall–Kier alpha value is -2.29. The van der Waals surface area contributed by atoms with E-state index in [1.165, 1.54) is 5.56 Å². The summed E-state index contributed by atoms with van der Waals surface area (Å²) in [6.45, 7) is 5.20. The summed E-state index contributed by atoms with van der Waals surface area (Å²) in [4.78, 5) is 15.6. The maximum atomic E-state index is 13.3. The van der Waals surface area contributed by atoms with Gasteiger partial charge in [-0.3, -0.25) is 4.79 Å². The molecule has 2 N–H and O–H groups in total. The molecule has 5 rings (SSSR count). The maximum absolute atomic E-state index is 13.3. The Kier molecular flexibility index (Phi) is 8.69. The first-order chi connectivity index (χ1) is 19.0. The molecule has 3 atom stereocenters. The minimum absolute atomic E-state index is 0.227. The molecule has 7 nitrogen and oxygen atoms in total. The fourth-order valence-corrected chi connectivity index (χ4v) is 7.51. The van der Waals surface area contributed by atoms with Crippen LogP contribution in [0.15, 0.2) is 36.4 Å². The molecule has 0 aromatic heterocycles. The van der Waals surface area contributed by atoms with Crippen LogP contribution in [0.1, 0.15) is 86.7 Å². The summed E-state index contributed by atoms with van der Waals surface area (Å²) in [6, 6.07) is 11.1. The molecule has 0 radical (unpaired) electrons. The number of rotatable bonds is 0. The summed E-state index contributed by atoms with van der Waals surface area (Å²) in [7, 11) is -3.93. The molecule has 0 unspecified atom stereocenters. The molecule has 1 fully saturated rings. The minimum Gasteiger partial charge on any atom is -0.487 e. The fraction of sp³-hybridized carbons (Fsp3) is 0.581. The van der Waals surface area contributed by atoms with Gasteiger partial charge < -0.3 is 14.7 Å². The van der Waals surface area contributed by atoms with Gasteiger partial charge in [0.1, 0.15) is 12.4 Å². The highest BCUT2D eigenvalue weighted by atomic mass is 35.5. The number of nitrogens with one attached hydrogen (secondary N) is 1. The molecule has 1 amide bonds. The molecule has 218 valence electrons. The predicted molar refractivity (Wildman–Crippen MR) is 159 cm³/mol. The average Bonchev–Trinajstić information content (AvgIpc) is 2.91. The molecule has 0 spiro atoms. The van der Waals surface area contributed by atoms with Crippen molar-refractivity contribution in [2.45, 2.75) is 89.1 Å². The molecule has 40 heavy (non-hydrogen) atoms. The lowest BCUT2D eigenvalue weighted by Gasteiger charge is -2.43. The average molecular weight is 589 g/mol. The van der Waals surface area contributed by atoms with Crippen molar-refractivity contribution in [1.82, 2.24) is 4.72 Å². The van der Waals surface area contributed by atoms with Crippen molar-refractivity contribution in [1.29, 1.82) is 0 Å². The van der Waals surface area contributed by atoms with Crippen molar-refractivity contribution in [3.8, 4) is 5.75 Å². The van der Waals surface area contributed by atoms with Gasteiger partial charge in [0.25, 0.3) is 5.91 Å². The molecule has 3 aliphatic rings. The number of aryl methyl sites for hydroxylation is 1. The number of hydrogen-bond donors (Lipinski definition) is 2. The Labute approximate surface area is 243 Å². The summed E-state index contributed by atoms with van der Waals surface area (Å²) in [6.07, 6.45) is 6.98. The first-order valence-corrected chi connectivity index (χ1v) is 16.4. The van der Waals surface area contributed by atoms with Crippen LogP contribution in [0.3, 0.4) is 0 Å². The Morgan fingerprint density at radius 3 is 2.62 bits per heavy atom. The van der Waals surface area contributed by atoms with Crippen molar-refractivity contribution >= 4 is 33.2 Å². The van der Waals surface area contributed by atoms with E-state index < -0.39 is 26.8 Å². The van der Waals surface area contributed by atoms with Crippen LogP contribution >= 0.6 is 11.6 Å². The summed E-state index contributed by atoms with van der Waals surface area (Å²) >= 11 is 6.30. The zero-order valence-corrected chi connectivity index (χ0v) is 25.1. The molecule has 1 saturated carbocycles. The normalized spacial score (nSPS) is 27.1. The molecular formula is C31H41ClN2O5S. The highest BCUT2D eigenvalue weighted by Crippen LogP contribution is 2.41. The lowest BCUT2D eigenvalue weighted by molar-refractivity contribution is 0.00926. The van der Waals surface area contributed by atoms with Crippen LogP contribution in [0.5, 0.6) is 5.75 Å². The largest absolute Gasteiger partial charge is 0.487 e. The van der Waals surface area contributed by atoms with Crippen molar-refractivity contribution in [2.24, 2.45) is 11.8 Å². The fourth-order valence-electron chi connectivity index (χ4n) is 6.26. The number of aliphatic hydroxyl groups excluding tert-OH is 1. The van der Waals surface area contributed by atoms with Gasteiger partial charge in [0.05, 0.1) is 16.5 Å². The van der Waals surface area contributed by atoms with Crippen LogP contribution in [-0.4, -0.2) is 43.4 Å². The standard InChI is InChI=1S/C31H41ClN2O5S/c1-31(2)15-5-3-8-28(35)26-13-10-23(26)19-34-16-6-4-7-21-17-25(32)12-9-24(21)20-39-29-14-11-22(18-27(29)34)30(36)33-40(31,37)38/h9,11-12,14,17-18,23,26,28,35H,3-8,10,13,15-16,19-20H2,1-2H3,(H,33,36)/t23-,26+,28-/m0/s1. The first-order valence-electron chi connectivity index (χ1n) is 14.6. The number of hydrogen-bond acceptors (Lipinski definition) is 6. The number of ether oxygens (including phenoxy) is 1. The van der Waals surface area contributed by atoms with Gasteiger partial charge in [-0.2, -0.15) is 0 Å². The zero-order valence-electron chi connectivity index (χ0n) is 23.5. The number of aliphatic hydroxyl groups is 1. The minimum atomic E-state index is -3.93. The number of anilines is 1. The number of amides is 1. The van der Waals surface area contributed by atoms with E-state index in [9.17, 15) is 18.3 Å². The first kappa shape index (κ1) is 29.2. The SMILES string of the molecule is CC1(C)CCCC[C@H](O)[C@@H]2CC[C@H]2CN2CCCCc3cc(Cl)ccc3COc3ccc(cc32)C(=O)NS1(=O)=O. The number of halogens is 1. The number of sulfonamides is 1. The third kappa shape index (κ3) is 6.29. The number of fused-ring (bicyclic) bond motifs is 3. The van der Waals surface area contributed by atoms with E-state index in [0.717, 1.165) is 62.9 Å². The highest BCUT2D eigenvalue weighted by molar-refractivity contribution is 7.91. The van der Waals surface area contributed by atoms with Crippen LogP contribution < -0.4 is 14.4 Å². The van der Waals surface area contributed by atoms with Crippen molar-refractivity contribution in [3.63, 3.8) is 0 Å². The summed E-state index contributed by atoms with van der Waals surface area (Å²) in [5.74, 6) is 0.602. The van der Waals surface area contributed by atoms with Crippen molar-refractivity contribution < 1.29 is 23.1 Å². The van der Waals surface area contributed by atoms with Crippen LogP contribution in [-0.2, 0) is 23.1 Å². The zero-order chi connectivity index (χ0) is 28.5. The summed E-state index contributed by atoms with van der Waals surface area (Å²) in [5, 5.41) is 11.8. The molecule has 2 aromatic rings. The van der Waals surface area contributed by atoms with Crippen molar-refractivity contribution in [3.05, 3.63) is 58.1 Å². The van der Waals surface area contributed by atoms with Gasteiger partial charge in [-0.05, 0) is 112 Å². The van der Waals surface area contributed by atoms with E-state index in [-0.39, 0.29) is 11.5 Å². The quantitative estimate of drug-likeness (QED) is 0.400. The maximum Gasteiger partial charge on any atom is 0.264 e. The Morgan fingerprint density at radius 1 is 1.02 bits per heavy atom. The molecule has 2 bridgehead atoms. The van der Waals surface area contributed by atoms with Gasteiger partial charge in [-0.1, -0.05) is 30.5 Å². The van der Waals surface area contributed by atoms with E-state index in [4.69, 9.17) is 16.3 Å². The second-order valence-electron chi connectivity index (χ2n) is 12.3. The van der Waals surface area contributed by atoms with Crippen LogP contribution in [0.25, 0.3) is 0 Å². The van der Waals surface area contributed by atoms with E-state index in [1.54, 1.807) is 32.0 Å². The highest BCUT2D eigenvalue weighted by Gasteiger charge is 2.39. The predicted octanol–water partition coefficient (Wildman–Crippen LogP) is 5.86. The van der Waals surface area contributed by atoms with Crippen LogP contribution in [0.4, 0.5) is 5.69 Å². The van der Waals surface area contributed by atoms with Gasteiger partial charge in [-0.25, -0.2) is 13.1 Å². The van der Waals surface area contributed by atoms with Gasteiger partial charge in [-0.15, -0.1) is 0 Å². The number of benzene rings is 2. The lowest BCUT2D eigenvalue weighted by atomic mass is 9.69. The van der Waals surface area contributed by atoms with Crippen LogP contribution in [0.2, 0.25) is 5.02 Å². The Morgan fingerprint density at radius 2 is 1.85 bits per heavy atom. The van der Waals surface area contributed by atoms with Crippen LogP contribution in [0, 0.1) is 11.8 Å². The van der Waals surface area contributed by atoms with Gasteiger partial charge >= 0.3 is 0 Å². The molecule has 1 aliphatic carbocycles. The Balaban J connectivity index is 1.53. The molecule has 2 aromatic carbocycles. The number of nitrogens with zero attached hydrogens (tertiary/aromatic N) is 1. The lowest BCUT2D eigenvalue weighted by Crippen LogP contribution is -2.45. The monoisotopic (exact) mass is 588 g/mol. The van der Waals surface area contributed by atoms with E-state index in [2.05, 4.69) is 9.62 Å². The molecule has 0 saturated heterocycles. The molecule has 2 aliphatic heterocycles. The second-order valence-corrected chi connectivity index (χ2v) is 15.0. The van der Waals surface area contributed by atoms with Gasteiger partial charge in [0.15, 0.2) is 0 Å². The third-order valence-electron chi connectivity index (χ3n) is 9.15. The second kappa shape index (κ2) is 11.9. The van der Waals surface area contributed by atoms with E-state index >= 15 is 0 Å². The topological polar surface area (TPSA) is 95.9 Å². The van der Waals surface area contributed by atoms with Gasteiger partial charge in [0.2, 0.25) is 10.0 Å². The smallest absolute Gasteiger partial charge is 0.264 e. The summed E-state index contributed by atoms with van der Waals surface area (Å²) in [5.41, 5.74) is 3.33. The molecular weight excluding hydrogens is 548 g/mol.